The molecule has 7 heteroatoms. The quantitative estimate of drug-likeness (QED) is 0.352. The largest absolute Gasteiger partial charge is 0.457 e. The summed E-state index contributed by atoms with van der Waals surface area (Å²) >= 11 is 0. The number of aryl methyl sites for hydroxylation is 2. The minimum Gasteiger partial charge on any atom is -0.457 e. The van der Waals surface area contributed by atoms with E-state index in [0.717, 1.165) is 23.4 Å². The second kappa shape index (κ2) is 9.11. The first-order valence-corrected chi connectivity index (χ1v) is 9.19. The first-order chi connectivity index (χ1) is 13.5. The number of hydrogen-bond acceptors (Lipinski definition) is 3. The summed E-state index contributed by atoms with van der Waals surface area (Å²) in [7, 11) is 1.93. The monoisotopic (exact) mass is 406 g/mol. The van der Waals surface area contributed by atoms with E-state index in [0.29, 0.717) is 17.2 Å². The molecular weight excluding hydrogens is 381 g/mol. The molecule has 2 rings (SSSR count). The highest BCUT2D eigenvalue weighted by atomic mass is 19.4. The Kier molecular flexibility index (Phi) is 7.06. The number of hydrogen-bond donors (Lipinski definition) is 0. The molecule has 0 atom stereocenters. The number of carbonyl (C=O) groups is 1. The molecule has 2 aromatic carbocycles. The van der Waals surface area contributed by atoms with Crippen LogP contribution in [0.4, 0.5) is 18.9 Å². The SMILES string of the molecule is Cc1cc(C(=O)OCc2cccc(C(F)(F)F)c2)c(C)cc1/N=C/N(C)C(C)C. The summed E-state index contributed by atoms with van der Waals surface area (Å²) in [6, 6.07) is 8.53. The molecule has 0 spiro atoms. The molecule has 0 radical (unpaired) electrons. The normalized spacial score (nSPS) is 11.9. The van der Waals surface area contributed by atoms with Crippen LogP contribution in [0.1, 0.15) is 46.5 Å². The minimum atomic E-state index is -4.44. The third-order valence-corrected chi connectivity index (χ3v) is 4.58. The average molecular weight is 406 g/mol. The first-order valence-electron chi connectivity index (χ1n) is 9.19. The lowest BCUT2D eigenvalue weighted by molar-refractivity contribution is -0.137. The van der Waals surface area contributed by atoms with Gasteiger partial charge in [0.2, 0.25) is 0 Å². The van der Waals surface area contributed by atoms with Crippen molar-refractivity contribution in [2.45, 2.75) is 46.5 Å². The average Bonchev–Trinajstić information content (AvgIpc) is 2.65. The molecule has 0 aliphatic rings. The van der Waals surface area contributed by atoms with E-state index in [1.54, 1.807) is 25.4 Å². The summed E-state index contributed by atoms with van der Waals surface area (Å²) < 4.78 is 43.6. The van der Waals surface area contributed by atoms with Gasteiger partial charge in [0.25, 0.3) is 0 Å². The molecule has 2 aromatic rings. The topological polar surface area (TPSA) is 41.9 Å². The van der Waals surface area contributed by atoms with Crippen LogP contribution in [-0.4, -0.2) is 30.3 Å². The van der Waals surface area contributed by atoms with E-state index in [9.17, 15) is 18.0 Å². The Hall–Kier alpha value is -2.83. The Labute approximate surface area is 169 Å². The summed E-state index contributed by atoms with van der Waals surface area (Å²) in [5.74, 6) is -0.585. The fourth-order valence-corrected chi connectivity index (χ4v) is 2.51. The van der Waals surface area contributed by atoms with Crippen molar-refractivity contribution < 1.29 is 22.7 Å². The molecule has 0 N–H and O–H groups in total. The van der Waals surface area contributed by atoms with E-state index >= 15 is 0 Å². The predicted octanol–water partition coefficient (Wildman–Crippen LogP) is 5.68. The number of carbonyl (C=O) groups excluding carboxylic acids is 1. The Morgan fingerprint density at radius 2 is 1.86 bits per heavy atom. The summed E-state index contributed by atoms with van der Waals surface area (Å²) in [4.78, 5) is 18.9. The molecule has 156 valence electrons. The van der Waals surface area contributed by atoms with Crippen molar-refractivity contribution in [3.63, 3.8) is 0 Å². The molecule has 4 nitrogen and oxygen atoms in total. The number of alkyl halides is 3. The molecule has 0 saturated carbocycles. The van der Waals surface area contributed by atoms with Gasteiger partial charge in [-0.2, -0.15) is 13.2 Å². The molecular formula is C22H25F3N2O2. The molecule has 0 aromatic heterocycles. The maximum absolute atomic E-state index is 12.8. The van der Waals surface area contributed by atoms with Crippen molar-refractivity contribution in [2.75, 3.05) is 7.05 Å². The van der Waals surface area contributed by atoms with Gasteiger partial charge in [0.15, 0.2) is 0 Å². The van der Waals surface area contributed by atoms with Crippen LogP contribution in [0.2, 0.25) is 0 Å². The van der Waals surface area contributed by atoms with Gasteiger partial charge in [-0.1, -0.05) is 12.1 Å². The number of nitrogens with zero attached hydrogens (tertiary/aromatic N) is 2. The van der Waals surface area contributed by atoms with E-state index in [1.165, 1.54) is 12.1 Å². The number of esters is 1. The molecule has 0 unspecified atom stereocenters. The van der Waals surface area contributed by atoms with E-state index < -0.39 is 17.7 Å². The second-order valence-electron chi connectivity index (χ2n) is 7.23. The molecule has 0 fully saturated rings. The van der Waals surface area contributed by atoms with Gasteiger partial charge in [0, 0.05) is 13.1 Å². The van der Waals surface area contributed by atoms with Crippen LogP contribution in [0.5, 0.6) is 0 Å². The first kappa shape index (κ1) is 22.5. The zero-order valence-corrected chi connectivity index (χ0v) is 17.2. The highest BCUT2D eigenvalue weighted by molar-refractivity contribution is 5.92. The van der Waals surface area contributed by atoms with Crippen LogP contribution in [-0.2, 0) is 17.5 Å². The van der Waals surface area contributed by atoms with Crippen molar-refractivity contribution >= 4 is 18.0 Å². The smallest absolute Gasteiger partial charge is 0.416 e. The maximum Gasteiger partial charge on any atom is 0.416 e. The molecule has 0 bridgehead atoms. The van der Waals surface area contributed by atoms with Crippen molar-refractivity contribution in [1.29, 1.82) is 0 Å². The van der Waals surface area contributed by atoms with Crippen LogP contribution in [0.15, 0.2) is 41.4 Å². The molecule has 0 aliphatic carbocycles. The van der Waals surface area contributed by atoms with E-state index in [2.05, 4.69) is 4.99 Å². The Balaban J connectivity index is 2.13. The number of rotatable bonds is 6. The van der Waals surface area contributed by atoms with Gasteiger partial charge in [0.1, 0.15) is 6.61 Å². The molecule has 29 heavy (non-hydrogen) atoms. The van der Waals surface area contributed by atoms with Gasteiger partial charge in [-0.25, -0.2) is 9.79 Å². The zero-order chi connectivity index (χ0) is 21.8. The second-order valence-corrected chi connectivity index (χ2v) is 7.23. The Bertz CT molecular complexity index is 905. The number of benzene rings is 2. The standard InChI is InChI=1S/C22H25F3N2O2/c1-14(2)27(5)13-26-20-10-15(3)19(9-16(20)4)21(28)29-12-17-7-6-8-18(11-17)22(23,24)25/h6-11,13-14H,12H2,1-5H3/b26-13+. The molecule has 0 saturated heterocycles. The van der Waals surface area contributed by atoms with Crippen LogP contribution < -0.4 is 0 Å². The van der Waals surface area contributed by atoms with E-state index in [1.807, 2.05) is 32.7 Å². The summed E-state index contributed by atoms with van der Waals surface area (Å²) in [6.45, 7) is 7.47. The van der Waals surface area contributed by atoms with Crippen LogP contribution in [0.3, 0.4) is 0 Å². The number of aliphatic imine (C=N–C) groups is 1. The summed E-state index contributed by atoms with van der Waals surface area (Å²) in [5.41, 5.74) is 2.10. The van der Waals surface area contributed by atoms with Crippen LogP contribution in [0, 0.1) is 13.8 Å². The summed E-state index contributed by atoms with van der Waals surface area (Å²) in [6.07, 6.45) is -2.70. The maximum atomic E-state index is 12.8. The Morgan fingerprint density at radius 3 is 2.48 bits per heavy atom. The molecule has 0 amide bonds. The van der Waals surface area contributed by atoms with Gasteiger partial charge in [-0.3, -0.25) is 0 Å². The van der Waals surface area contributed by atoms with Crippen LogP contribution >= 0.6 is 0 Å². The van der Waals surface area contributed by atoms with Crippen molar-refractivity contribution in [2.24, 2.45) is 4.99 Å². The van der Waals surface area contributed by atoms with E-state index in [4.69, 9.17) is 4.74 Å². The lowest BCUT2D eigenvalue weighted by Crippen LogP contribution is -2.24. The van der Waals surface area contributed by atoms with Gasteiger partial charge in [-0.05, 0) is 68.7 Å². The fourth-order valence-electron chi connectivity index (χ4n) is 2.51. The third kappa shape index (κ3) is 6.07. The van der Waals surface area contributed by atoms with Gasteiger partial charge in [-0.15, -0.1) is 0 Å². The highest BCUT2D eigenvalue weighted by Crippen LogP contribution is 2.30. The van der Waals surface area contributed by atoms with Crippen molar-refractivity contribution in [3.8, 4) is 0 Å². The zero-order valence-electron chi connectivity index (χ0n) is 17.2. The van der Waals surface area contributed by atoms with Crippen molar-refractivity contribution in [3.05, 3.63) is 64.2 Å². The van der Waals surface area contributed by atoms with Gasteiger partial charge in [0.05, 0.1) is 23.2 Å². The number of ether oxygens (including phenoxy) is 1. The molecule has 0 heterocycles. The van der Waals surface area contributed by atoms with Gasteiger partial charge >= 0.3 is 12.1 Å². The Morgan fingerprint density at radius 1 is 1.17 bits per heavy atom. The minimum absolute atomic E-state index is 0.236. The van der Waals surface area contributed by atoms with Crippen LogP contribution in [0.25, 0.3) is 0 Å². The lowest BCUT2D eigenvalue weighted by atomic mass is 10.0. The number of halogens is 3. The van der Waals surface area contributed by atoms with E-state index in [-0.39, 0.29) is 12.2 Å². The fraction of sp³-hybridized carbons (Fsp3) is 0.364. The lowest BCUT2D eigenvalue weighted by Gasteiger charge is -2.17. The third-order valence-electron chi connectivity index (χ3n) is 4.58. The predicted molar refractivity (Wildman–Crippen MR) is 108 cm³/mol. The highest BCUT2D eigenvalue weighted by Gasteiger charge is 2.30. The van der Waals surface area contributed by atoms with Gasteiger partial charge < -0.3 is 9.64 Å². The van der Waals surface area contributed by atoms with Crippen molar-refractivity contribution in [1.82, 2.24) is 4.90 Å². The summed E-state index contributed by atoms with van der Waals surface area (Å²) in [5, 5.41) is 0. The molecule has 0 aliphatic heterocycles.